The van der Waals surface area contributed by atoms with Gasteiger partial charge >= 0.3 is 5.97 Å². The maximum Gasteiger partial charge on any atom is 0.337 e. The van der Waals surface area contributed by atoms with E-state index in [0.717, 1.165) is 12.1 Å². The number of anilines is 2. The van der Waals surface area contributed by atoms with Crippen LogP contribution in [0.4, 0.5) is 11.5 Å². The van der Waals surface area contributed by atoms with E-state index in [4.69, 9.17) is 0 Å². The quantitative estimate of drug-likeness (QED) is 0.802. The molecule has 2 N–H and O–H groups in total. The molecule has 0 saturated carbocycles. The molecule has 2 aromatic rings. The van der Waals surface area contributed by atoms with E-state index in [1.54, 1.807) is 42.6 Å². The molecule has 0 aliphatic rings. The predicted molar refractivity (Wildman–Crippen MR) is 87.9 cm³/mol. The number of ether oxygens (including phenoxy) is 1. The van der Waals surface area contributed by atoms with Crippen molar-refractivity contribution in [3.8, 4) is 0 Å². The summed E-state index contributed by atoms with van der Waals surface area (Å²) in [5.74, 6) is 0.0440. The number of pyridine rings is 1. The van der Waals surface area contributed by atoms with Crippen molar-refractivity contribution in [2.45, 2.75) is 13.3 Å². The Labute approximate surface area is 134 Å². The van der Waals surface area contributed by atoms with Crippen molar-refractivity contribution in [3.63, 3.8) is 0 Å². The van der Waals surface area contributed by atoms with Crippen LogP contribution in [0.2, 0.25) is 0 Å². The average molecular weight is 313 g/mol. The summed E-state index contributed by atoms with van der Waals surface area (Å²) in [5, 5.41) is 5.92. The van der Waals surface area contributed by atoms with Crippen molar-refractivity contribution in [1.82, 2.24) is 10.3 Å². The summed E-state index contributed by atoms with van der Waals surface area (Å²) in [6.45, 7) is 2.64. The third-order valence-corrected chi connectivity index (χ3v) is 3.14. The van der Waals surface area contributed by atoms with E-state index in [9.17, 15) is 9.59 Å². The number of benzene rings is 1. The molecule has 2 rings (SSSR count). The minimum Gasteiger partial charge on any atom is -0.465 e. The molecule has 0 radical (unpaired) electrons. The molecule has 0 aliphatic carbocycles. The Balaban J connectivity index is 2.08. The van der Waals surface area contributed by atoms with E-state index >= 15 is 0 Å². The Morgan fingerprint density at radius 3 is 2.52 bits per heavy atom. The van der Waals surface area contributed by atoms with Gasteiger partial charge < -0.3 is 15.4 Å². The molecule has 0 spiro atoms. The van der Waals surface area contributed by atoms with Crippen molar-refractivity contribution in [2.75, 3.05) is 19.0 Å². The molecule has 0 saturated heterocycles. The molecule has 23 heavy (non-hydrogen) atoms. The number of nitrogens with one attached hydrogen (secondary N) is 2. The third kappa shape index (κ3) is 4.54. The molecule has 0 aliphatic heterocycles. The van der Waals surface area contributed by atoms with Crippen molar-refractivity contribution in [2.24, 2.45) is 0 Å². The standard InChI is InChI=1S/C17H19N3O3/c1-3-9-19-16(21)13-8-10-18-15(11-13)20-14-6-4-12(5-7-14)17(22)23-2/h4-8,10-11H,3,9H2,1-2H3,(H,18,20)(H,19,21). The van der Waals surface area contributed by atoms with E-state index in [-0.39, 0.29) is 11.9 Å². The van der Waals surface area contributed by atoms with Crippen LogP contribution in [0.1, 0.15) is 34.1 Å². The zero-order valence-electron chi connectivity index (χ0n) is 13.1. The van der Waals surface area contributed by atoms with Crippen molar-refractivity contribution >= 4 is 23.4 Å². The summed E-state index contributed by atoms with van der Waals surface area (Å²) in [6.07, 6.45) is 2.46. The number of esters is 1. The number of methoxy groups -OCH3 is 1. The van der Waals surface area contributed by atoms with Gasteiger partial charge in [-0.25, -0.2) is 9.78 Å². The van der Waals surface area contributed by atoms with Gasteiger partial charge in [0.25, 0.3) is 5.91 Å². The molecular formula is C17H19N3O3. The zero-order chi connectivity index (χ0) is 16.7. The summed E-state index contributed by atoms with van der Waals surface area (Å²) in [5.41, 5.74) is 1.78. The van der Waals surface area contributed by atoms with Gasteiger partial charge in [-0.05, 0) is 42.8 Å². The number of carbonyl (C=O) groups is 2. The molecule has 1 aromatic heterocycles. The van der Waals surface area contributed by atoms with Gasteiger partial charge in [0, 0.05) is 24.0 Å². The lowest BCUT2D eigenvalue weighted by Crippen LogP contribution is -2.24. The highest BCUT2D eigenvalue weighted by Crippen LogP contribution is 2.16. The highest BCUT2D eigenvalue weighted by molar-refractivity contribution is 5.95. The number of hydrogen-bond acceptors (Lipinski definition) is 5. The molecule has 0 atom stereocenters. The first kappa shape index (κ1) is 16.5. The highest BCUT2D eigenvalue weighted by atomic mass is 16.5. The molecule has 1 aromatic carbocycles. The first-order valence-corrected chi connectivity index (χ1v) is 7.33. The number of carbonyl (C=O) groups excluding carboxylic acids is 2. The van der Waals surface area contributed by atoms with Gasteiger partial charge in [-0.2, -0.15) is 0 Å². The normalized spacial score (nSPS) is 10.0. The fourth-order valence-electron chi connectivity index (χ4n) is 1.94. The Bertz CT molecular complexity index is 684. The topological polar surface area (TPSA) is 80.3 Å². The highest BCUT2D eigenvalue weighted by Gasteiger charge is 2.07. The zero-order valence-corrected chi connectivity index (χ0v) is 13.1. The SMILES string of the molecule is CCCNC(=O)c1ccnc(Nc2ccc(C(=O)OC)cc2)c1. The summed E-state index contributed by atoms with van der Waals surface area (Å²) in [4.78, 5) is 27.5. The van der Waals surface area contributed by atoms with Gasteiger partial charge in [-0.15, -0.1) is 0 Å². The molecule has 1 amide bonds. The summed E-state index contributed by atoms with van der Waals surface area (Å²) in [7, 11) is 1.34. The lowest BCUT2D eigenvalue weighted by Gasteiger charge is -2.08. The molecular weight excluding hydrogens is 294 g/mol. The Hall–Kier alpha value is -2.89. The van der Waals surface area contributed by atoms with Gasteiger partial charge in [0.2, 0.25) is 0 Å². The van der Waals surface area contributed by atoms with Crippen LogP contribution in [0, 0.1) is 0 Å². The van der Waals surface area contributed by atoms with Crippen LogP contribution in [0.5, 0.6) is 0 Å². The van der Waals surface area contributed by atoms with Crippen LogP contribution in [0.15, 0.2) is 42.6 Å². The summed E-state index contributed by atoms with van der Waals surface area (Å²) < 4.78 is 4.65. The smallest absolute Gasteiger partial charge is 0.337 e. The van der Waals surface area contributed by atoms with Crippen LogP contribution in [-0.4, -0.2) is 30.5 Å². The second-order valence-electron chi connectivity index (χ2n) is 4.88. The second kappa shape index (κ2) is 7.93. The fraction of sp³-hybridized carbons (Fsp3) is 0.235. The first-order valence-electron chi connectivity index (χ1n) is 7.33. The largest absolute Gasteiger partial charge is 0.465 e. The minimum atomic E-state index is -0.385. The Morgan fingerprint density at radius 2 is 1.87 bits per heavy atom. The first-order chi connectivity index (χ1) is 11.1. The lowest BCUT2D eigenvalue weighted by atomic mass is 10.2. The van der Waals surface area contributed by atoms with Crippen molar-refractivity contribution in [3.05, 3.63) is 53.7 Å². The number of aromatic nitrogens is 1. The fourth-order valence-corrected chi connectivity index (χ4v) is 1.94. The van der Waals surface area contributed by atoms with E-state index in [1.165, 1.54) is 7.11 Å². The maximum absolute atomic E-state index is 11.9. The van der Waals surface area contributed by atoms with E-state index in [0.29, 0.717) is 23.5 Å². The van der Waals surface area contributed by atoms with E-state index < -0.39 is 0 Å². The van der Waals surface area contributed by atoms with E-state index in [1.807, 2.05) is 6.92 Å². The molecule has 0 bridgehead atoms. The van der Waals surface area contributed by atoms with Gasteiger partial charge in [-0.1, -0.05) is 6.92 Å². The monoisotopic (exact) mass is 313 g/mol. The summed E-state index contributed by atoms with van der Waals surface area (Å²) in [6, 6.07) is 10.2. The number of rotatable bonds is 6. The van der Waals surface area contributed by atoms with Gasteiger partial charge in [0.1, 0.15) is 5.82 Å². The molecule has 1 heterocycles. The Morgan fingerprint density at radius 1 is 1.13 bits per heavy atom. The summed E-state index contributed by atoms with van der Waals surface area (Å²) >= 11 is 0. The van der Waals surface area contributed by atoms with Gasteiger partial charge in [0.15, 0.2) is 0 Å². The number of hydrogen-bond donors (Lipinski definition) is 2. The molecule has 0 fully saturated rings. The van der Waals surface area contributed by atoms with Gasteiger partial charge in [0.05, 0.1) is 12.7 Å². The molecule has 6 nitrogen and oxygen atoms in total. The van der Waals surface area contributed by atoms with Crippen LogP contribution >= 0.6 is 0 Å². The van der Waals surface area contributed by atoms with Crippen LogP contribution in [0.3, 0.4) is 0 Å². The lowest BCUT2D eigenvalue weighted by molar-refractivity contribution is 0.0600. The van der Waals surface area contributed by atoms with Crippen LogP contribution in [0.25, 0.3) is 0 Å². The second-order valence-corrected chi connectivity index (χ2v) is 4.88. The van der Waals surface area contributed by atoms with Gasteiger partial charge in [-0.3, -0.25) is 4.79 Å². The van der Waals surface area contributed by atoms with E-state index in [2.05, 4.69) is 20.4 Å². The maximum atomic E-state index is 11.9. The predicted octanol–water partition coefficient (Wildman–Crippen LogP) is 2.75. The average Bonchev–Trinajstić information content (AvgIpc) is 2.60. The number of amides is 1. The van der Waals surface area contributed by atoms with Crippen molar-refractivity contribution < 1.29 is 14.3 Å². The number of nitrogens with zero attached hydrogens (tertiary/aromatic N) is 1. The Kier molecular flexibility index (Phi) is 5.68. The third-order valence-electron chi connectivity index (χ3n) is 3.14. The molecule has 120 valence electrons. The molecule has 6 heteroatoms. The van der Waals surface area contributed by atoms with Crippen LogP contribution in [-0.2, 0) is 4.74 Å². The van der Waals surface area contributed by atoms with Crippen LogP contribution < -0.4 is 10.6 Å². The van der Waals surface area contributed by atoms with Crippen molar-refractivity contribution in [1.29, 1.82) is 0 Å². The minimum absolute atomic E-state index is 0.127. The molecule has 0 unspecified atom stereocenters.